The van der Waals surface area contributed by atoms with Crippen molar-refractivity contribution in [2.45, 2.75) is 40.0 Å². The van der Waals surface area contributed by atoms with E-state index in [-0.39, 0.29) is 6.42 Å². The van der Waals surface area contributed by atoms with Gasteiger partial charge in [0.1, 0.15) is 6.42 Å². The molecule has 0 aromatic heterocycles. The lowest BCUT2D eigenvalue weighted by atomic mass is 9.95. The molecule has 0 aliphatic carbocycles. The summed E-state index contributed by atoms with van der Waals surface area (Å²) in [5.74, 6) is 4.86. The standard InChI is InChI=1S/C15H18O2/c1-4-12-9-11(3)10-13(5-2)14(12)7-6-8-15(16)17/h9-10H,4-5,8H2,1-3H3,(H,16,17). The van der Waals surface area contributed by atoms with Gasteiger partial charge in [-0.05, 0) is 30.9 Å². The van der Waals surface area contributed by atoms with Crippen molar-refractivity contribution < 1.29 is 9.90 Å². The molecule has 0 amide bonds. The zero-order chi connectivity index (χ0) is 12.8. The van der Waals surface area contributed by atoms with Gasteiger partial charge in [-0.15, -0.1) is 0 Å². The van der Waals surface area contributed by atoms with Crippen LogP contribution in [-0.2, 0) is 17.6 Å². The van der Waals surface area contributed by atoms with Crippen LogP contribution in [0.2, 0.25) is 0 Å². The predicted octanol–water partition coefficient (Wildman–Crippen LogP) is 2.95. The molecule has 0 aliphatic rings. The molecule has 0 atom stereocenters. The summed E-state index contributed by atoms with van der Waals surface area (Å²) in [5, 5.41) is 8.59. The molecule has 1 aromatic carbocycles. The Morgan fingerprint density at radius 1 is 1.24 bits per heavy atom. The highest BCUT2D eigenvalue weighted by molar-refractivity contribution is 5.70. The van der Waals surface area contributed by atoms with Gasteiger partial charge in [-0.1, -0.05) is 43.4 Å². The lowest BCUT2D eigenvalue weighted by Gasteiger charge is -2.09. The number of hydrogen-bond acceptors (Lipinski definition) is 1. The van der Waals surface area contributed by atoms with Crippen LogP contribution >= 0.6 is 0 Å². The highest BCUT2D eigenvalue weighted by Gasteiger charge is 2.05. The Labute approximate surface area is 103 Å². The van der Waals surface area contributed by atoms with Crippen LogP contribution in [0.25, 0.3) is 0 Å². The molecule has 90 valence electrons. The first kappa shape index (κ1) is 13.3. The minimum Gasteiger partial charge on any atom is -0.481 e. The summed E-state index contributed by atoms with van der Waals surface area (Å²) in [6.45, 7) is 6.26. The molecule has 2 nitrogen and oxygen atoms in total. The van der Waals surface area contributed by atoms with Gasteiger partial charge in [0.05, 0.1) is 0 Å². The van der Waals surface area contributed by atoms with Crippen molar-refractivity contribution in [3.8, 4) is 11.8 Å². The molecule has 1 N–H and O–H groups in total. The van der Waals surface area contributed by atoms with Gasteiger partial charge in [0.15, 0.2) is 0 Å². The molecule has 0 bridgehead atoms. The summed E-state index contributed by atoms with van der Waals surface area (Å²) in [5.41, 5.74) is 4.67. The lowest BCUT2D eigenvalue weighted by molar-refractivity contribution is -0.135. The van der Waals surface area contributed by atoms with Crippen LogP contribution in [0.4, 0.5) is 0 Å². The summed E-state index contributed by atoms with van der Waals surface area (Å²) in [7, 11) is 0. The van der Waals surface area contributed by atoms with E-state index in [1.54, 1.807) is 0 Å². The fourth-order valence-corrected chi connectivity index (χ4v) is 1.87. The number of carboxylic acids is 1. The SMILES string of the molecule is CCc1cc(C)cc(CC)c1C#CCC(=O)O. The third kappa shape index (κ3) is 3.64. The van der Waals surface area contributed by atoms with Crippen molar-refractivity contribution in [1.29, 1.82) is 0 Å². The second-order valence-electron chi connectivity index (χ2n) is 4.04. The Hall–Kier alpha value is -1.75. The monoisotopic (exact) mass is 230 g/mol. The Morgan fingerprint density at radius 3 is 2.18 bits per heavy atom. The number of carboxylic acid groups (broad SMARTS) is 1. The summed E-state index contributed by atoms with van der Waals surface area (Å²) in [6.07, 6.45) is 1.75. The third-order valence-electron chi connectivity index (χ3n) is 2.66. The van der Waals surface area contributed by atoms with Crippen molar-refractivity contribution in [3.63, 3.8) is 0 Å². The maximum Gasteiger partial charge on any atom is 0.315 e. The van der Waals surface area contributed by atoms with Crippen LogP contribution in [0.15, 0.2) is 12.1 Å². The van der Waals surface area contributed by atoms with Crippen molar-refractivity contribution in [1.82, 2.24) is 0 Å². The van der Waals surface area contributed by atoms with Gasteiger partial charge in [0, 0.05) is 5.56 Å². The topological polar surface area (TPSA) is 37.3 Å². The zero-order valence-corrected chi connectivity index (χ0v) is 10.6. The normalized spacial score (nSPS) is 9.59. The molecular weight excluding hydrogens is 212 g/mol. The first-order chi connectivity index (χ1) is 8.08. The Bertz CT molecular complexity index is 450. The number of aliphatic carboxylic acids is 1. The lowest BCUT2D eigenvalue weighted by Crippen LogP contribution is -1.97. The van der Waals surface area contributed by atoms with Gasteiger partial charge in [-0.3, -0.25) is 4.79 Å². The molecule has 0 fully saturated rings. The Morgan fingerprint density at radius 2 is 1.76 bits per heavy atom. The third-order valence-corrected chi connectivity index (χ3v) is 2.66. The fourth-order valence-electron chi connectivity index (χ4n) is 1.87. The molecular formula is C15H18O2. The van der Waals surface area contributed by atoms with E-state index in [9.17, 15) is 4.79 Å². The van der Waals surface area contributed by atoms with Gasteiger partial charge in [0.25, 0.3) is 0 Å². The van der Waals surface area contributed by atoms with E-state index in [2.05, 4.69) is 44.7 Å². The second kappa shape index (κ2) is 6.10. The predicted molar refractivity (Wildman–Crippen MR) is 69.1 cm³/mol. The van der Waals surface area contributed by atoms with Gasteiger partial charge in [-0.25, -0.2) is 0 Å². The minimum atomic E-state index is -0.874. The largest absolute Gasteiger partial charge is 0.481 e. The molecule has 17 heavy (non-hydrogen) atoms. The number of benzene rings is 1. The molecule has 0 spiro atoms. The molecule has 0 saturated carbocycles. The Balaban J connectivity index is 3.18. The van der Waals surface area contributed by atoms with Crippen LogP contribution < -0.4 is 0 Å². The maximum atomic E-state index is 10.5. The van der Waals surface area contributed by atoms with Gasteiger partial charge in [-0.2, -0.15) is 0 Å². The van der Waals surface area contributed by atoms with E-state index in [4.69, 9.17) is 5.11 Å². The minimum absolute atomic E-state index is 0.0970. The quantitative estimate of drug-likeness (QED) is 0.811. The van der Waals surface area contributed by atoms with Crippen LogP contribution in [-0.4, -0.2) is 11.1 Å². The number of carbonyl (C=O) groups is 1. The number of aryl methyl sites for hydroxylation is 3. The van der Waals surface area contributed by atoms with Crippen LogP contribution in [0.5, 0.6) is 0 Å². The van der Waals surface area contributed by atoms with Gasteiger partial charge in [0.2, 0.25) is 0 Å². The van der Waals surface area contributed by atoms with Crippen molar-refractivity contribution in [3.05, 3.63) is 34.4 Å². The van der Waals surface area contributed by atoms with Crippen molar-refractivity contribution in [2.24, 2.45) is 0 Å². The van der Waals surface area contributed by atoms with Crippen molar-refractivity contribution >= 4 is 5.97 Å². The molecule has 1 aromatic rings. The van der Waals surface area contributed by atoms with E-state index < -0.39 is 5.97 Å². The Kier molecular flexibility index (Phi) is 4.78. The number of hydrogen-bond donors (Lipinski definition) is 1. The molecule has 0 heterocycles. The van der Waals surface area contributed by atoms with E-state index in [1.807, 2.05) is 0 Å². The van der Waals surface area contributed by atoms with E-state index >= 15 is 0 Å². The second-order valence-corrected chi connectivity index (χ2v) is 4.04. The average Bonchev–Trinajstić information content (AvgIpc) is 2.29. The summed E-state index contributed by atoms with van der Waals surface area (Å²) in [6, 6.07) is 4.26. The first-order valence-electron chi connectivity index (χ1n) is 5.91. The van der Waals surface area contributed by atoms with E-state index in [1.165, 1.54) is 16.7 Å². The highest BCUT2D eigenvalue weighted by atomic mass is 16.4. The highest BCUT2D eigenvalue weighted by Crippen LogP contribution is 2.18. The molecule has 0 radical (unpaired) electrons. The van der Waals surface area contributed by atoms with E-state index in [0.29, 0.717) is 0 Å². The molecule has 2 heteroatoms. The van der Waals surface area contributed by atoms with E-state index in [0.717, 1.165) is 18.4 Å². The van der Waals surface area contributed by atoms with Crippen LogP contribution in [0.3, 0.4) is 0 Å². The molecule has 0 unspecified atom stereocenters. The summed E-state index contributed by atoms with van der Waals surface area (Å²) in [4.78, 5) is 10.5. The maximum absolute atomic E-state index is 10.5. The molecule has 1 rings (SSSR count). The fraction of sp³-hybridized carbons (Fsp3) is 0.400. The smallest absolute Gasteiger partial charge is 0.315 e. The molecule has 0 aliphatic heterocycles. The van der Waals surface area contributed by atoms with Gasteiger partial charge < -0.3 is 5.11 Å². The van der Waals surface area contributed by atoms with Gasteiger partial charge >= 0.3 is 5.97 Å². The molecule has 0 saturated heterocycles. The zero-order valence-electron chi connectivity index (χ0n) is 10.6. The summed E-state index contributed by atoms with van der Waals surface area (Å²) >= 11 is 0. The van der Waals surface area contributed by atoms with Crippen LogP contribution in [0.1, 0.15) is 42.5 Å². The first-order valence-corrected chi connectivity index (χ1v) is 5.91. The van der Waals surface area contributed by atoms with Crippen LogP contribution in [0, 0.1) is 18.8 Å². The summed E-state index contributed by atoms with van der Waals surface area (Å²) < 4.78 is 0. The number of rotatable bonds is 3. The average molecular weight is 230 g/mol. The van der Waals surface area contributed by atoms with Crippen molar-refractivity contribution in [2.75, 3.05) is 0 Å².